The lowest BCUT2D eigenvalue weighted by Gasteiger charge is -2.21. The summed E-state index contributed by atoms with van der Waals surface area (Å²) in [5.74, 6) is 1.83. The Hall–Kier alpha value is -0.730. The number of para-hydroxylation sites is 1. The Morgan fingerprint density at radius 3 is 2.75 bits per heavy atom. The van der Waals surface area contributed by atoms with Gasteiger partial charge in [-0.15, -0.1) is 11.6 Å². The lowest BCUT2D eigenvalue weighted by molar-refractivity contribution is 0.425. The normalized spacial score (nSPS) is 18.4. The van der Waals surface area contributed by atoms with Crippen molar-refractivity contribution in [2.24, 2.45) is 5.92 Å². The summed E-state index contributed by atoms with van der Waals surface area (Å²) >= 11 is 12.7. The van der Waals surface area contributed by atoms with Crippen LogP contribution < -0.4 is 0 Å². The summed E-state index contributed by atoms with van der Waals surface area (Å²) in [6.45, 7) is 4.23. The van der Waals surface area contributed by atoms with E-state index in [4.69, 9.17) is 28.2 Å². The standard InChI is InChI=1S/C16H20Cl2N2/c1-3-12(9-11-7-8-11)20-14-6-4-5-13(18)15(14)19-16(20)10(2)17/h4-6,10-12H,3,7-9H2,1-2H3. The van der Waals surface area contributed by atoms with Gasteiger partial charge in [0.15, 0.2) is 0 Å². The lowest BCUT2D eigenvalue weighted by atomic mass is 10.1. The van der Waals surface area contributed by atoms with Crippen LogP contribution in [0.5, 0.6) is 0 Å². The van der Waals surface area contributed by atoms with E-state index in [-0.39, 0.29) is 5.38 Å². The van der Waals surface area contributed by atoms with E-state index >= 15 is 0 Å². The Kier molecular flexibility index (Phi) is 3.96. The maximum Gasteiger partial charge on any atom is 0.128 e. The van der Waals surface area contributed by atoms with E-state index in [1.165, 1.54) is 19.3 Å². The molecule has 2 aromatic rings. The van der Waals surface area contributed by atoms with Crippen LogP contribution in [0, 0.1) is 5.92 Å². The number of nitrogens with zero attached hydrogens (tertiary/aromatic N) is 2. The van der Waals surface area contributed by atoms with Crippen molar-refractivity contribution in [1.29, 1.82) is 0 Å². The molecule has 20 heavy (non-hydrogen) atoms. The molecule has 4 heteroatoms. The topological polar surface area (TPSA) is 17.8 Å². The van der Waals surface area contributed by atoms with E-state index in [1.54, 1.807) is 0 Å². The van der Waals surface area contributed by atoms with Gasteiger partial charge in [-0.05, 0) is 37.8 Å². The molecule has 1 fully saturated rings. The van der Waals surface area contributed by atoms with Gasteiger partial charge in [-0.3, -0.25) is 0 Å². The molecule has 0 spiro atoms. The number of halogens is 2. The van der Waals surface area contributed by atoms with Crippen molar-refractivity contribution in [3.8, 4) is 0 Å². The molecular formula is C16H20Cl2N2. The number of rotatable bonds is 5. The van der Waals surface area contributed by atoms with E-state index in [1.807, 2.05) is 19.1 Å². The van der Waals surface area contributed by atoms with E-state index < -0.39 is 0 Å². The third-order valence-electron chi connectivity index (χ3n) is 4.19. The molecule has 3 rings (SSSR count). The van der Waals surface area contributed by atoms with Crippen LogP contribution in [0.15, 0.2) is 18.2 Å². The molecule has 1 heterocycles. The monoisotopic (exact) mass is 310 g/mol. The molecule has 0 saturated heterocycles. The molecule has 108 valence electrons. The van der Waals surface area contributed by atoms with Crippen molar-refractivity contribution in [3.05, 3.63) is 29.0 Å². The summed E-state index contributed by atoms with van der Waals surface area (Å²) in [5, 5.41) is 0.604. The van der Waals surface area contributed by atoms with E-state index in [9.17, 15) is 0 Å². The molecule has 1 saturated carbocycles. The predicted molar refractivity (Wildman–Crippen MR) is 85.7 cm³/mol. The third kappa shape index (κ3) is 2.56. The minimum atomic E-state index is -0.105. The second-order valence-corrected chi connectivity index (χ2v) is 6.87. The fourth-order valence-corrected chi connectivity index (χ4v) is 3.32. The molecule has 1 aromatic carbocycles. The zero-order chi connectivity index (χ0) is 14.3. The Morgan fingerprint density at radius 2 is 2.15 bits per heavy atom. The number of alkyl halides is 1. The van der Waals surface area contributed by atoms with E-state index in [2.05, 4.69) is 17.6 Å². The van der Waals surface area contributed by atoms with Gasteiger partial charge in [-0.1, -0.05) is 37.4 Å². The van der Waals surface area contributed by atoms with Crippen molar-refractivity contribution in [3.63, 3.8) is 0 Å². The maximum atomic E-state index is 6.36. The summed E-state index contributed by atoms with van der Waals surface area (Å²) < 4.78 is 2.33. The van der Waals surface area contributed by atoms with Crippen LogP contribution in [0.25, 0.3) is 11.0 Å². The summed E-state index contributed by atoms with van der Waals surface area (Å²) in [6.07, 6.45) is 5.07. The van der Waals surface area contributed by atoms with Gasteiger partial charge in [0, 0.05) is 6.04 Å². The second-order valence-electron chi connectivity index (χ2n) is 5.80. The Morgan fingerprint density at radius 1 is 1.40 bits per heavy atom. The largest absolute Gasteiger partial charge is 0.324 e. The Labute approximate surface area is 130 Å². The summed E-state index contributed by atoms with van der Waals surface area (Å²) in [4.78, 5) is 4.71. The minimum Gasteiger partial charge on any atom is -0.324 e. The van der Waals surface area contributed by atoms with Gasteiger partial charge in [0.1, 0.15) is 11.3 Å². The zero-order valence-corrected chi connectivity index (χ0v) is 13.5. The number of hydrogen-bond acceptors (Lipinski definition) is 1. The van der Waals surface area contributed by atoms with Gasteiger partial charge < -0.3 is 4.57 Å². The first-order valence-electron chi connectivity index (χ1n) is 7.42. The minimum absolute atomic E-state index is 0.105. The van der Waals surface area contributed by atoms with Crippen molar-refractivity contribution in [2.45, 2.75) is 50.9 Å². The Balaban J connectivity index is 2.14. The van der Waals surface area contributed by atoms with Crippen LogP contribution in [0.4, 0.5) is 0 Å². The second kappa shape index (κ2) is 5.57. The fourth-order valence-electron chi connectivity index (χ4n) is 2.96. The molecule has 1 aromatic heterocycles. The predicted octanol–water partition coefficient (Wildman–Crippen LogP) is 5.74. The van der Waals surface area contributed by atoms with Gasteiger partial charge in [0.2, 0.25) is 0 Å². The molecule has 2 nitrogen and oxygen atoms in total. The average molecular weight is 311 g/mol. The molecular weight excluding hydrogens is 291 g/mol. The zero-order valence-electron chi connectivity index (χ0n) is 11.9. The maximum absolute atomic E-state index is 6.36. The Bertz CT molecular complexity index is 614. The highest BCUT2D eigenvalue weighted by Gasteiger charge is 2.28. The molecule has 2 unspecified atom stereocenters. The van der Waals surface area contributed by atoms with Crippen LogP contribution in [0.3, 0.4) is 0 Å². The van der Waals surface area contributed by atoms with Crippen LogP contribution in [0.1, 0.15) is 56.8 Å². The molecule has 2 atom stereocenters. The lowest BCUT2D eigenvalue weighted by Crippen LogP contribution is -2.13. The summed E-state index contributed by atoms with van der Waals surface area (Å²) in [6, 6.07) is 6.47. The number of fused-ring (bicyclic) bond motifs is 1. The fraction of sp³-hybridized carbons (Fsp3) is 0.562. The molecule has 1 aliphatic carbocycles. The number of benzene rings is 1. The third-order valence-corrected chi connectivity index (χ3v) is 4.69. The van der Waals surface area contributed by atoms with Crippen LogP contribution in [0.2, 0.25) is 5.02 Å². The number of aromatic nitrogens is 2. The summed E-state index contributed by atoms with van der Waals surface area (Å²) in [7, 11) is 0. The highest BCUT2D eigenvalue weighted by molar-refractivity contribution is 6.35. The molecule has 0 radical (unpaired) electrons. The van der Waals surface area contributed by atoms with Gasteiger partial charge in [0.25, 0.3) is 0 Å². The highest BCUT2D eigenvalue weighted by Crippen LogP contribution is 2.41. The van der Waals surface area contributed by atoms with Gasteiger partial charge in [-0.2, -0.15) is 0 Å². The van der Waals surface area contributed by atoms with Crippen molar-refractivity contribution >= 4 is 34.2 Å². The smallest absolute Gasteiger partial charge is 0.128 e. The highest BCUT2D eigenvalue weighted by atomic mass is 35.5. The number of imidazole rings is 1. The average Bonchev–Trinajstić information content (AvgIpc) is 3.15. The SMILES string of the molecule is CCC(CC1CC1)n1c(C(C)Cl)nc2c(Cl)cccc21. The number of hydrogen-bond donors (Lipinski definition) is 0. The van der Waals surface area contributed by atoms with Crippen LogP contribution in [-0.4, -0.2) is 9.55 Å². The molecule has 0 aliphatic heterocycles. The van der Waals surface area contributed by atoms with Crippen molar-refractivity contribution in [2.75, 3.05) is 0 Å². The van der Waals surface area contributed by atoms with Gasteiger partial charge in [-0.25, -0.2) is 4.98 Å². The van der Waals surface area contributed by atoms with Gasteiger partial charge in [0.05, 0.1) is 15.9 Å². The van der Waals surface area contributed by atoms with E-state index in [0.717, 1.165) is 29.2 Å². The van der Waals surface area contributed by atoms with Crippen molar-refractivity contribution in [1.82, 2.24) is 9.55 Å². The van der Waals surface area contributed by atoms with Gasteiger partial charge >= 0.3 is 0 Å². The van der Waals surface area contributed by atoms with Crippen LogP contribution >= 0.6 is 23.2 Å². The van der Waals surface area contributed by atoms with Crippen molar-refractivity contribution < 1.29 is 0 Å². The quantitative estimate of drug-likeness (QED) is 0.644. The summed E-state index contributed by atoms with van der Waals surface area (Å²) in [5.41, 5.74) is 2.00. The van der Waals surface area contributed by atoms with E-state index in [0.29, 0.717) is 11.1 Å². The first kappa shape index (κ1) is 14.2. The molecule has 0 amide bonds. The molecule has 0 N–H and O–H groups in total. The van der Waals surface area contributed by atoms with Crippen LogP contribution in [-0.2, 0) is 0 Å². The molecule has 0 bridgehead atoms. The first-order chi connectivity index (χ1) is 9.61. The molecule has 1 aliphatic rings. The first-order valence-corrected chi connectivity index (χ1v) is 8.23.